The summed E-state index contributed by atoms with van der Waals surface area (Å²) in [5.74, 6) is 0.722. The van der Waals surface area contributed by atoms with E-state index in [2.05, 4.69) is 20.8 Å². The number of nitrogens with zero attached hydrogens (tertiary/aromatic N) is 1. The van der Waals surface area contributed by atoms with E-state index < -0.39 is 0 Å². The molecule has 0 amide bonds. The Balaban J connectivity index is 2.44. The Morgan fingerprint density at radius 3 is 2.55 bits per heavy atom. The highest BCUT2D eigenvalue weighted by molar-refractivity contribution is 5.37. The molecule has 4 nitrogen and oxygen atoms in total. The van der Waals surface area contributed by atoms with Crippen molar-refractivity contribution in [1.29, 1.82) is 0 Å². The van der Waals surface area contributed by atoms with Crippen molar-refractivity contribution in [3.8, 4) is 5.75 Å². The first-order valence-electron chi connectivity index (χ1n) is 7.23. The summed E-state index contributed by atoms with van der Waals surface area (Å²) in [6.07, 6.45) is 3.61. The summed E-state index contributed by atoms with van der Waals surface area (Å²) in [7, 11) is 0. The van der Waals surface area contributed by atoms with Gasteiger partial charge in [-0.2, -0.15) is 0 Å². The maximum absolute atomic E-state index is 10.3. The van der Waals surface area contributed by atoms with Crippen molar-refractivity contribution < 1.29 is 10.0 Å². The molecule has 0 radical (unpaired) electrons. The van der Waals surface area contributed by atoms with Crippen LogP contribution in [0.4, 0.5) is 0 Å². The number of aromatic hydroxyl groups is 1. The van der Waals surface area contributed by atoms with Gasteiger partial charge < -0.3 is 5.11 Å². The standard InChI is InChI=1S/C16H25NO3/c1-13(10-12-17(19)20)7-6-11-16(2,3)14-8-4-5-9-15(14)18/h4-5,8-9,13,18H,6-7,10-12H2,1-3H3. The van der Waals surface area contributed by atoms with Crippen LogP contribution in [0, 0.1) is 16.0 Å². The highest BCUT2D eigenvalue weighted by atomic mass is 16.6. The highest BCUT2D eigenvalue weighted by Gasteiger charge is 2.23. The van der Waals surface area contributed by atoms with Crippen LogP contribution < -0.4 is 0 Å². The molecule has 1 unspecified atom stereocenters. The lowest BCUT2D eigenvalue weighted by Gasteiger charge is -2.26. The zero-order valence-corrected chi connectivity index (χ0v) is 12.6. The van der Waals surface area contributed by atoms with E-state index in [9.17, 15) is 15.2 Å². The van der Waals surface area contributed by atoms with Crippen LogP contribution in [-0.2, 0) is 5.41 Å². The molecule has 1 rings (SSSR count). The van der Waals surface area contributed by atoms with E-state index >= 15 is 0 Å². The monoisotopic (exact) mass is 279 g/mol. The SMILES string of the molecule is CC(CCCC(C)(C)c1ccccc1O)CC[N+](=O)[O-]. The summed E-state index contributed by atoms with van der Waals surface area (Å²) < 4.78 is 0. The third kappa shape index (κ3) is 5.19. The van der Waals surface area contributed by atoms with E-state index in [4.69, 9.17) is 0 Å². The van der Waals surface area contributed by atoms with Gasteiger partial charge in [0.2, 0.25) is 6.54 Å². The minimum atomic E-state index is -0.248. The highest BCUT2D eigenvalue weighted by Crippen LogP contribution is 2.35. The molecule has 0 aliphatic rings. The predicted octanol–water partition coefficient (Wildman–Crippen LogP) is 4.14. The molecule has 20 heavy (non-hydrogen) atoms. The van der Waals surface area contributed by atoms with Gasteiger partial charge in [0.05, 0.1) is 0 Å². The smallest absolute Gasteiger partial charge is 0.204 e. The van der Waals surface area contributed by atoms with Crippen LogP contribution in [0.5, 0.6) is 5.75 Å². The third-order valence-electron chi connectivity index (χ3n) is 3.94. The fourth-order valence-electron chi connectivity index (χ4n) is 2.54. The summed E-state index contributed by atoms with van der Waals surface area (Å²) in [5.41, 5.74) is 0.895. The minimum absolute atomic E-state index is 0.0596. The van der Waals surface area contributed by atoms with Crippen LogP contribution in [0.25, 0.3) is 0 Å². The Kier molecular flexibility index (Phi) is 5.99. The Morgan fingerprint density at radius 2 is 1.95 bits per heavy atom. The van der Waals surface area contributed by atoms with Gasteiger partial charge in [0.25, 0.3) is 0 Å². The van der Waals surface area contributed by atoms with E-state index in [-0.39, 0.29) is 16.9 Å². The summed E-state index contributed by atoms with van der Waals surface area (Å²) in [4.78, 5) is 10.1. The number of para-hydroxylation sites is 1. The Hall–Kier alpha value is -1.58. The lowest BCUT2D eigenvalue weighted by Crippen LogP contribution is -2.17. The zero-order chi connectivity index (χ0) is 15.2. The first-order valence-corrected chi connectivity index (χ1v) is 7.23. The van der Waals surface area contributed by atoms with Crippen molar-refractivity contribution in [2.45, 2.75) is 51.9 Å². The van der Waals surface area contributed by atoms with Gasteiger partial charge in [-0.1, -0.05) is 51.8 Å². The third-order valence-corrected chi connectivity index (χ3v) is 3.94. The van der Waals surface area contributed by atoms with Crippen molar-refractivity contribution in [2.75, 3.05) is 6.54 Å². The average molecular weight is 279 g/mol. The van der Waals surface area contributed by atoms with Gasteiger partial charge in [0.15, 0.2) is 0 Å². The summed E-state index contributed by atoms with van der Waals surface area (Å²) >= 11 is 0. The fourth-order valence-corrected chi connectivity index (χ4v) is 2.54. The molecule has 0 saturated carbocycles. The molecule has 1 N–H and O–H groups in total. The molecule has 0 saturated heterocycles. The van der Waals surface area contributed by atoms with Crippen LogP contribution in [0.3, 0.4) is 0 Å². The number of phenolic OH excluding ortho intramolecular Hbond substituents is 1. The molecule has 0 heterocycles. The van der Waals surface area contributed by atoms with E-state index in [1.807, 2.05) is 18.2 Å². The number of phenols is 1. The van der Waals surface area contributed by atoms with Crippen molar-refractivity contribution in [3.05, 3.63) is 39.9 Å². The van der Waals surface area contributed by atoms with Crippen molar-refractivity contribution in [2.24, 2.45) is 5.92 Å². The molecule has 0 aromatic heterocycles. The van der Waals surface area contributed by atoms with Gasteiger partial charge in [-0.25, -0.2) is 0 Å². The average Bonchev–Trinajstić information content (AvgIpc) is 2.36. The normalized spacial score (nSPS) is 13.2. The van der Waals surface area contributed by atoms with E-state index in [1.165, 1.54) is 0 Å². The number of nitro groups is 1. The molecule has 0 aliphatic heterocycles. The van der Waals surface area contributed by atoms with Gasteiger partial charge in [-0.3, -0.25) is 10.1 Å². The summed E-state index contributed by atoms with van der Waals surface area (Å²) in [6.45, 7) is 6.38. The molecule has 0 fully saturated rings. The number of rotatable bonds is 8. The van der Waals surface area contributed by atoms with Crippen LogP contribution in [0.1, 0.15) is 52.0 Å². The molecule has 1 atom stereocenters. The fraction of sp³-hybridized carbons (Fsp3) is 0.625. The Morgan fingerprint density at radius 1 is 1.30 bits per heavy atom. The maximum Gasteiger partial charge on any atom is 0.204 e. The van der Waals surface area contributed by atoms with E-state index in [0.717, 1.165) is 24.8 Å². The van der Waals surface area contributed by atoms with Crippen molar-refractivity contribution >= 4 is 0 Å². The topological polar surface area (TPSA) is 63.4 Å². The second kappa shape index (κ2) is 7.27. The van der Waals surface area contributed by atoms with Gasteiger partial charge >= 0.3 is 0 Å². The molecule has 1 aromatic rings. The van der Waals surface area contributed by atoms with Crippen molar-refractivity contribution in [1.82, 2.24) is 0 Å². The molecule has 1 aromatic carbocycles. The lowest BCUT2D eigenvalue weighted by molar-refractivity contribution is -0.481. The number of hydrogen-bond acceptors (Lipinski definition) is 3. The number of hydrogen-bond donors (Lipinski definition) is 1. The molecular formula is C16H25NO3. The molecular weight excluding hydrogens is 254 g/mol. The second-order valence-electron chi connectivity index (χ2n) is 6.24. The van der Waals surface area contributed by atoms with Gasteiger partial charge in [-0.05, 0) is 29.4 Å². The van der Waals surface area contributed by atoms with Gasteiger partial charge in [0.1, 0.15) is 5.75 Å². The summed E-state index contributed by atoms with van der Waals surface area (Å²) in [6, 6.07) is 7.45. The quantitative estimate of drug-likeness (QED) is 0.574. The molecule has 112 valence electrons. The maximum atomic E-state index is 10.3. The zero-order valence-electron chi connectivity index (χ0n) is 12.6. The Labute approximate surface area is 121 Å². The van der Waals surface area contributed by atoms with Crippen LogP contribution >= 0.6 is 0 Å². The lowest BCUT2D eigenvalue weighted by atomic mass is 9.79. The first kappa shape index (κ1) is 16.5. The van der Waals surface area contributed by atoms with Crippen LogP contribution in [-0.4, -0.2) is 16.6 Å². The first-order chi connectivity index (χ1) is 9.33. The minimum Gasteiger partial charge on any atom is -0.508 e. The van der Waals surface area contributed by atoms with Gasteiger partial charge in [0, 0.05) is 11.3 Å². The van der Waals surface area contributed by atoms with Gasteiger partial charge in [-0.15, -0.1) is 0 Å². The number of benzene rings is 1. The molecule has 4 heteroatoms. The predicted molar refractivity (Wildman–Crippen MR) is 80.6 cm³/mol. The van der Waals surface area contributed by atoms with E-state index in [1.54, 1.807) is 6.07 Å². The molecule has 0 aliphatic carbocycles. The van der Waals surface area contributed by atoms with Crippen LogP contribution in [0.15, 0.2) is 24.3 Å². The van der Waals surface area contributed by atoms with Crippen LogP contribution in [0.2, 0.25) is 0 Å². The molecule has 0 spiro atoms. The second-order valence-corrected chi connectivity index (χ2v) is 6.24. The molecule has 0 bridgehead atoms. The van der Waals surface area contributed by atoms with Crippen molar-refractivity contribution in [3.63, 3.8) is 0 Å². The Bertz CT molecular complexity index is 443. The van der Waals surface area contributed by atoms with E-state index in [0.29, 0.717) is 18.1 Å². The largest absolute Gasteiger partial charge is 0.508 e. The summed E-state index contributed by atoms with van der Waals surface area (Å²) in [5, 5.41) is 20.3.